The highest BCUT2D eigenvalue weighted by Gasteiger charge is 2.22. The number of halogens is 1. The van der Waals surface area contributed by atoms with Gasteiger partial charge >= 0.3 is 0 Å². The average Bonchev–Trinajstić information content (AvgIpc) is 3.55. The molecule has 1 saturated carbocycles. The largest absolute Gasteiger partial charge is 0.489 e. The van der Waals surface area contributed by atoms with E-state index in [0.717, 1.165) is 22.5 Å². The van der Waals surface area contributed by atoms with Gasteiger partial charge in [-0.05, 0) is 71.7 Å². The Morgan fingerprint density at radius 1 is 1.03 bits per heavy atom. The SMILES string of the molecule is O=C(NS(=O)(=O)c1cccs1)c1ccc(COc2cc(F)cc(-c3ccc(OCC4CC4)nc3)c2)cc1. The number of carbonyl (C=O) groups excluding carboxylic acids is 1. The summed E-state index contributed by atoms with van der Waals surface area (Å²) < 4.78 is 52.4. The molecule has 0 spiro atoms. The van der Waals surface area contributed by atoms with Crippen LogP contribution in [-0.4, -0.2) is 25.9 Å². The number of sulfonamides is 1. The molecule has 1 fully saturated rings. The molecule has 0 aliphatic heterocycles. The molecule has 1 amide bonds. The maximum absolute atomic E-state index is 14.3. The minimum absolute atomic E-state index is 0.0639. The summed E-state index contributed by atoms with van der Waals surface area (Å²) in [6, 6.07) is 17.4. The van der Waals surface area contributed by atoms with Crippen molar-refractivity contribution in [1.29, 1.82) is 0 Å². The topological polar surface area (TPSA) is 94.6 Å². The Hall–Kier alpha value is -3.76. The minimum atomic E-state index is -3.91. The van der Waals surface area contributed by atoms with Crippen molar-refractivity contribution < 1.29 is 27.1 Å². The van der Waals surface area contributed by atoms with Crippen molar-refractivity contribution in [3.8, 4) is 22.8 Å². The van der Waals surface area contributed by atoms with Crippen LogP contribution >= 0.6 is 11.3 Å². The predicted molar refractivity (Wildman–Crippen MR) is 138 cm³/mol. The number of nitrogens with one attached hydrogen (secondary N) is 1. The number of pyridine rings is 1. The Morgan fingerprint density at radius 2 is 1.84 bits per heavy atom. The van der Waals surface area contributed by atoms with Crippen LogP contribution in [0.4, 0.5) is 4.39 Å². The van der Waals surface area contributed by atoms with Gasteiger partial charge in [-0.2, -0.15) is 0 Å². The smallest absolute Gasteiger partial charge is 0.273 e. The van der Waals surface area contributed by atoms with Gasteiger partial charge in [0.15, 0.2) is 0 Å². The molecule has 1 aliphatic carbocycles. The zero-order valence-corrected chi connectivity index (χ0v) is 21.2. The lowest BCUT2D eigenvalue weighted by atomic mass is 10.1. The Bertz CT molecular complexity index is 1490. The molecule has 0 bridgehead atoms. The van der Waals surface area contributed by atoms with Crippen LogP contribution in [0.15, 0.2) is 82.5 Å². The van der Waals surface area contributed by atoms with Crippen LogP contribution < -0.4 is 14.2 Å². The molecule has 2 aromatic heterocycles. The first kappa shape index (κ1) is 24.9. The number of thiophene rings is 1. The van der Waals surface area contributed by atoms with Gasteiger partial charge in [0.1, 0.15) is 22.4 Å². The van der Waals surface area contributed by atoms with Gasteiger partial charge in [-0.1, -0.05) is 18.2 Å². The normalized spacial score (nSPS) is 13.2. The highest BCUT2D eigenvalue weighted by Crippen LogP contribution is 2.30. The van der Waals surface area contributed by atoms with Crippen molar-refractivity contribution in [3.63, 3.8) is 0 Å². The summed E-state index contributed by atoms with van der Waals surface area (Å²) in [7, 11) is -3.91. The minimum Gasteiger partial charge on any atom is -0.489 e. The molecule has 0 atom stereocenters. The summed E-state index contributed by atoms with van der Waals surface area (Å²) >= 11 is 1.02. The molecule has 5 rings (SSSR count). The molecule has 7 nitrogen and oxygen atoms in total. The molecule has 37 heavy (non-hydrogen) atoms. The van der Waals surface area contributed by atoms with E-state index in [1.165, 1.54) is 43.2 Å². The standard InChI is InChI=1S/C27H23FN2O5S2/c28-23-12-22(21-9-10-25(29-15-21)35-17-18-3-4-18)13-24(14-23)34-16-19-5-7-20(8-6-19)27(31)30-37(32,33)26-2-1-11-36-26/h1-2,5-15,18H,3-4,16-17H2,(H,30,31). The van der Waals surface area contributed by atoms with E-state index in [-0.39, 0.29) is 16.4 Å². The summed E-state index contributed by atoms with van der Waals surface area (Å²) in [4.78, 5) is 16.7. The van der Waals surface area contributed by atoms with Gasteiger partial charge in [0.25, 0.3) is 15.9 Å². The van der Waals surface area contributed by atoms with Gasteiger partial charge in [0.2, 0.25) is 5.88 Å². The number of amides is 1. The number of ether oxygens (including phenoxy) is 2. The fraction of sp³-hybridized carbons (Fsp3) is 0.185. The monoisotopic (exact) mass is 538 g/mol. The van der Waals surface area contributed by atoms with Gasteiger partial charge < -0.3 is 9.47 Å². The molecule has 2 heterocycles. The molecule has 10 heteroatoms. The first-order chi connectivity index (χ1) is 17.9. The molecule has 1 aliphatic rings. The molecular formula is C27H23FN2O5S2. The van der Waals surface area contributed by atoms with Gasteiger partial charge in [-0.25, -0.2) is 22.5 Å². The van der Waals surface area contributed by atoms with Gasteiger partial charge in [0, 0.05) is 29.5 Å². The third-order valence-electron chi connectivity index (χ3n) is 5.71. The lowest BCUT2D eigenvalue weighted by molar-refractivity contribution is 0.0981. The van der Waals surface area contributed by atoms with E-state index in [1.807, 2.05) is 6.07 Å². The summed E-state index contributed by atoms with van der Waals surface area (Å²) in [5.41, 5.74) is 2.27. The van der Waals surface area contributed by atoms with E-state index in [9.17, 15) is 17.6 Å². The first-order valence-corrected chi connectivity index (χ1v) is 13.9. The number of hydrogen-bond acceptors (Lipinski definition) is 7. The lowest BCUT2D eigenvalue weighted by Gasteiger charge is -2.10. The van der Waals surface area contributed by atoms with Crippen molar-refractivity contribution in [1.82, 2.24) is 9.71 Å². The van der Waals surface area contributed by atoms with Crippen molar-refractivity contribution in [2.24, 2.45) is 5.92 Å². The number of hydrogen-bond donors (Lipinski definition) is 1. The number of aromatic nitrogens is 1. The van der Waals surface area contributed by atoms with E-state index >= 15 is 0 Å². The van der Waals surface area contributed by atoms with Crippen LogP contribution in [0.25, 0.3) is 11.1 Å². The summed E-state index contributed by atoms with van der Waals surface area (Å²) in [6.07, 6.45) is 4.04. The van der Waals surface area contributed by atoms with E-state index in [4.69, 9.17) is 9.47 Å². The summed E-state index contributed by atoms with van der Waals surface area (Å²) in [5, 5.41) is 1.62. The van der Waals surface area contributed by atoms with Gasteiger partial charge in [-0.3, -0.25) is 4.79 Å². The van der Waals surface area contributed by atoms with Crippen molar-refractivity contribution in [2.75, 3.05) is 6.61 Å². The zero-order valence-electron chi connectivity index (χ0n) is 19.6. The molecule has 2 aromatic carbocycles. The molecule has 0 saturated heterocycles. The molecule has 4 aromatic rings. The van der Waals surface area contributed by atoms with Gasteiger partial charge in [-0.15, -0.1) is 11.3 Å². The lowest BCUT2D eigenvalue weighted by Crippen LogP contribution is -2.30. The second-order valence-corrected chi connectivity index (χ2v) is 11.5. The highest BCUT2D eigenvalue weighted by molar-refractivity contribution is 7.92. The quantitative estimate of drug-likeness (QED) is 0.289. The Kier molecular flexibility index (Phi) is 7.20. The van der Waals surface area contributed by atoms with Crippen LogP contribution in [-0.2, 0) is 16.6 Å². The Labute approximate surface area is 218 Å². The highest BCUT2D eigenvalue weighted by atomic mass is 32.2. The van der Waals surface area contributed by atoms with E-state index in [2.05, 4.69) is 9.71 Å². The van der Waals surface area contributed by atoms with Crippen LogP contribution in [0.1, 0.15) is 28.8 Å². The van der Waals surface area contributed by atoms with Gasteiger partial charge in [0.05, 0.1) is 6.61 Å². The second-order valence-electron chi connectivity index (χ2n) is 8.67. The van der Waals surface area contributed by atoms with Crippen LogP contribution in [0, 0.1) is 11.7 Å². The van der Waals surface area contributed by atoms with E-state index in [0.29, 0.717) is 29.7 Å². The number of benzene rings is 2. The molecular weight excluding hydrogens is 515 g/mol. The van der Waals surface area contributed by atoms with E-state index in [1.54, 1.807) is 41.9 Å². The number of nitrogens with zero attached hydrogens (tertiary/aromatic N) is 1. The zero-order chi connectivity index (χ0) is 25.8. The maximum atomic E-state index is 14.3. The Morgan fingerprint density at radius 3 is 2.51 bits per heavy atom. The average molecular weight is 539 g/mol. The predicted octanol–water partition coefficient (Wildman–Crippen LogP) is 5.44. The van der Waals surface area contributed by atoms with Crippen LogP contribution in [0.3, 0.4) is 0 Å². The number of carbonyl (C=O) groups is 1. The molecule has 0 unspecified atom stereocenters. The summed E-state index contributed by atoms with van der Waals surface area (Å²) in [5.74, 6) is 0.344. The maximum Gasteiger partial charge on any atom is 0.273 e. The van der Waals surface area contributed by atoms with Crippen molar-refractivity contribution in [3.05, 3.63) is 95.3 Å². The van der Waals surface area contributed by atoms with Crippen molar-refractivity contribution in [2.45, 2.75) is 23.7 Å². The number of rotatable bonds is 10. The fourth-order valence-corrected chi connectivity index (χ4v) is 5.47. The first-order valence-electron chi connectivity index (χ1n) is 11.6. The van der Waals surface area contributed by atoms with Crippen molar-refractivity contribution >= 4 is 27.3 Å². The summed E-state index contributed by atoms with van der Waals surface area (Å²) in [6.45, 7) is 0.800. The third kappa shape index (κ3) is 6.52. The fourth-order valence-electron chi connectivity index (χ4n) is 3.50. The second kappa shape index (κ2) is 10.7. The third-order valence-corrected chi connectivity index (χ3v) is 8.44. The van der Waals surface area contributed by atoms with E-state index < -0.39 is 21.7 Å². The Balaban J connectivity index is 1.20. The van der Waals surface area contributed by atoms with Crippen LogP contribution in [0.5, 0.6) is 11.6 Å². The molecule has 190 valence electrons. The van der Waals surface area contributed by atoms with Crippen LogP contribution in [0.2, 0.25) is 0 Å². The molecule has 1 N–H and O–H groups in total. The molecule has 0 radical (unpaired) electrons.